The predicted molar refractivity (Wildman–Crippen MR) is 132 cm³/mol. The number of pyridine rings is 1. The lowest BCUT2D eigenvalue weighted by Crippen LogP contribution is -2.38. The lowest BCUT2D eigenvalue weighted by molar-refractivity contribution is 0.0909. The number of para-hydroxylation sites is 1. The molecule has 33 heavy (non-hydrogen) atoms. The fraction of sp³-hybridized carbons (Fsp3) is 0.296. The van der Waals surface area contributed by atoms with Crippen LogP contribution in [0.1, 0.15) is 24.5 Å². The van der Waals surface area contributed by atoms with E-state index >= 15 is 0 Å². The number of β-amino-alcohol motifs (C(OH)–C–C–N with tert-alkyl or cyclic N) is 1. The summed E-state index contributed by atoms with van der Waals surface area (Å²) in [4.78, 5) is 16.2. The van der Waals surface area contributed by atoms with Gasteiger partial charge in [-0.25, -0.2) is 9.97 Å². The van der Waals surface area contributed by atoms with Crippen LogP contribution in [0.5, 0.6) is 0 Å². The van der Waals surface area contributed by atoms with E-state index in [0.717, 1.165) is 60.3 Å². The molecule has 0 bridgehead atoms. The number of anilines is 1. The summed E-state index contributed by atoms with van der Waals surface area (Å²) in [6.07, 6.45) is 5.33. The minimum Gasteiger partial charge on any atom is -0.387 e. The van der Waals surface area contributed by atoms with E-state index in [1.54, 1.807) is 12.4 Å². The summed E-state index contributed by atoms with van der Waals surface area (Å²) in [5.41, 5.74) is 2.83. The van der Waals surface area contributed by atoms with Crippen molar-refractivity contribution in [2.24, 2.45) is 5.92 Å². The first-order valence-electron chi connectivity index (χ1n) is 11.6. The van der Waals surface area contributed by atoms with Gasteiger partial charge in [-0.2, -0.15) is 0 Å². The SMILES string of the molecule is OC(CN1CCC(CNc2nc(-c3cccnc3)nc3ccccc23)CC1)c1ccccc1. The summed E-state index contributed by atoms with van der Waals surface area (Å²) in [7, 11) is 0. The molecule has 0 aliphatic carbocycles. The lowest BCUT2D eigenvalue weighted by atomic mass is 9.96. The summed E-state index contributed by atoms with van der Waals surface area (Å²) in [5.74, 6) is 2.14. The Kier molecular flexibility index (Phi) is 6.56. The molecule has 4 aromatic rings. The van der Waals surface area contributed by atoms with E-state index in [1.807, 2.05) is 60.7 Å². The van der Waals surface area contributed by atoms with Crippen molar-refractivity contribution < 1.29 is 5.11 Å². The van der Waals surface area contributed by atoms with Crippen LogP contribution in [0.2, 0.25) is 0 Å². The van der Waals surface area contributed by atoms with Gasteiger partial charge in [-0.05, 0) is 61.7 Å². The standard InChI is InChI=1S/C27H29N5O/c33-25(21-7-2-1-3-8-21)19-32-15-12-20(13-16-32)17-29-27-23-10-4-5-11-24(23)30-26(31-27)22-9-6-14-28-18-22/h1-11,14,18,20,25,33H,12-13,15-17,19H2,(H,29,30,31). The van der Waals surface area contributed by atoms with Crippen molar-refractivity contribution in [1.82, 2.24) is 19.9 Å². The molecule has 5 rings (SSSR count). The molecule has 1 aliphatic heterocycles. The highest BCUT2D eigenvalue weighted by molar-refractivity contribution is 5.90. The maximum atomic E-state index is 10.5. The Morgan fingerprint density at radius 1 is 0.939 bits per heavy atom. The number of aromatic nitrogens is 3. The van der Waals surface area contributed by atoms with E-state index in [-0.39, 0.29) is 0 Å². The van der Waals surface area contributed by atoms with E-state index in [1.165, 1.54) is 0 Å². The number of benzene rings is 2. The lowest BCUT2D eigenvalue weighted by Gasteiger charge is -2.33. The smallest absolute Gasteiger partial charge is 0.163 e. The molecule has 0 amide bonds. The van der Waals surface area contributed by atoms with Crippen molar-refractivity contribution in [3.63, 3.8) is 0 Å². The summed E-state index contributed by atoms with van der Waals surface area (Å²) in [6, 6.07) is 21.9. The van der Waals surface area contributed by atoms with Gasteiger partial charge in [-0.1, -0.05) is 42.5 Å². The van der Waals surface area contributed by atoms with E-state index in [2.05, 4.69) is 21.3 Å². The topological polar surface area (TPSA) is 74.2 Å². The molecule has 0 spiro atoms. The summed E-state index contributed by atoms with van der Waals surface area (Å²) in [6.45, 7) is 3.57. The molecule has 6 nitrogen and oxygen atoms in total. The normalized spacial score (nSPS) is 16.0. The van der Waals surface area contributed by atoms with Crippen LogP contribution < -0.4 is 5.32 Å². The highest BCUT2D eigenvalue weighted by Gasteiger charge is 2.22. The summed E-state index contributed by atoms with van der Waals surface area (Å²) >= 11 is 0. The number of fused-ring (bicyclic) bond motifs is 1. The highest BCUT2D eigenvalue weighted by atomic mass is 16.3. The molecule has 1 unspecified atom stereocenters. The number of hydrogen-bond acceptors (Lipinski definition) is 6. The number of nitrogens with one attached hydrogen (secondary N) is 1. The molecule has 2 aromatic heterocycles. The van der Waals surface area contributed by atoms with Crippen molar-refractivity contribution >= 4 is 16.7 Å². The van der Waals surface area contributed by atoms with Crippen LogP contribution in [0.25, 0.3) is 22.3 Å². The van der Waals surface area contributed by atoms with Crippen LogP contribution in [-0.4, -0.2) is 51.1 Å². The Labute approximate surface area is 194 Å². The molecule has 6 heteroatoms. The molecule has 3 heterocycles. The summed E-state index contributed by atoms with van der Waals surface area (Å²) in [5, 5.41) is 15.2. The van der Waals surface area contributed by atoms with Gasteiger partial charge in [0.2, 0.25) is 0 Å². The zero-order valence-corrected chi connectivity index (χ0v) is 18.6. The second-order valence-corrected chi connectivity index (χ2v) is 8.71. The van der Waals surface area contributed by atoms with Crippen LogP contribution >= 0.6 is 0 Å². The first kappa shape index (κ1) is 21.5. The van der Waals surface area contributed by atoms with E-state index in [4.69, 9.17) is 9.97 Å². The van der Waals surface area contributed by atoms with Gasteiger partial charge in [-0.15, -0.1) is 0 Å². The molecular formula is C27H29N5O. The molecule has 1 aliphatic rings. The third kappa shape index (κ3) is 5.18. The molecule has 1 saturated heterocycles. The number of aliphatic hydroxyl groups is 1. The predicted octanol–water partition coefficient (Wildman–Crippen LogP) is 4.55. The molecule has 1 fully saturated rings. The zero-order chi connectivity index (χ0) is 22.5. The average molecular weight is 440 g/mol. The van der Waals surface area contributed by atoms with Gasteiger partial charge < -0.3 is 15.3 Å². The molecule has 1 atom stereocenters. The van der Waals surface area contributed by atoms with Crippen molar-refractivity contribution in [1.29, 1.82) is 0 Å². The maximum absolute atomic E-state index is 10.5. The van der Waals surface area contributed by atoms with E-state index < -0.39 is 6.10 Å². The minimum absolute atomic E-state index is 0.431. The van der Waals surface area contributed by atoms with Crippen molar-refractivity contribution in [2.45, 2.75) is 18.9 Å². The second kappa shape index (κ2) is 10.1. The van der Waals surface area contributed by atoms with Crippen LogP contribution in [0.4, 0.5) is 5.82 Å². The molecule has 168 valence electrons. The van der Waals surface area contributed by atoms with Gasteiger partial charge in [0.25, 0.3) is 0 Å². The van der Waals surface area contributed by atoms with Crippen molar-refractivity contribution in [3.8, 4) is 11.4 Å². The van der Waals surface area contributed by atoms with Gasteiger partial charge in [0.05, 0.1) is 11.6 Å². The Balaban J connectivity index is 1.22. The molecule has 2 N–H and O–H groups in total. The molecular weight excluding hydrogens is 410 g/mol. The van der Waals surface area contributed by atoms with Gasteiger partial charge >= 0.3 is 0 Å². The van der Waals surface area contributed by atoms with Gasteiger partial charge in [0.1, 0.15) is 5.82 Å². The number of rotatable bonds is 7. The van der Waals surface area contributed by atoms with Crippen molar-refractivity contribution in [2.75, 3.05) is 31.5 Å². The highest BCUT2D eigenvalue weighted by Crippen LogP contribution is 2.26. The van der Waals surface area contributed by atoms with Crippen LogP contribution in [0, 0.1) is 5.92 Å². The van der Waals surface area contributed by atoms with Crippen LogP contribution in [-0.2, 0) is 0 Å². The molecule has 2 aromatic carbocycles. The third-order valence-electron chi connectivity index (χ3n) is 6.40. The summed E-state index contributed by atoms with van der Waals surface area (Å²) < 4.78 is 0. The van der Waals surface area contributed by atoms with Gasteiger partial charge in [0.15, 0.2) is 5.82 Å². The first-order chi connectivity index (χ1) is 16.3. The number of aliphatic hydroxyl groups excluding tert-OH is 1. The van der Waals surface area contributed by atoms with E-state index in [0.29, 0.717) is 18.3 Å². The minimum atomic E-state index is -0.431. The number of likely N-dealkylation sites (tertiary alicyclic amines) is 1. The zero-order valence-electron chi connectivity index (χ0n) is 18.6. The van der Waals surface area contributed by atoms with Crippen LogP contribution in [0.3, 0.4) is 0 Å². The average Bonchev–Trinajstić information content (AvgIpc) is 2.89. The van der Waals surface area contributed by atoms with Crippen LogP contribution in [0.15, 0.2) is 79.1 Å². The molecule has 0 saturated carbocycles. The monoisotopic (exact) mass is 439 g/mol. The number of nitrogens with zero attached hydrogens (tertiary/aromatic N) is 4. The van der Waals surface area contributed by atoms with Gasteiger partial charge in [-0.3, -0.25) is 4.98 Å². The largest absolute Gasteiger partial charge is 0.387 e. The fourth-order valence-corrected chi connectivity index (χ4v) is 4.47. The first-order valence-corrected chi connectivity index (χ1v) is 11.6. The van der Waals surface area contributed by atoms with Gasteiger partial charge in [0, 0.05) is 36.4 Å². The Hall–Kier alpha value is -3.35. The molecule has 0 radical (unpaired) electrons. The Bertz CT molecular complexity index is 1180. The van der Waals surface area contributed by atoms with Crippen molar-refractivity contribution in [3.05, 3.63) is 84.7 Å². The Morgan fingerprint density at radius 3 is 2.52 bits per heavy atom. The number of piperidine rings is 1. The second-order valence-electron chi connectivity index (χ2n) is 8.71. The fourth-order valence-electron chi connectivity index (χ4n) is 4.47. The quantitative estimate of drug-likeness (QED) is 0.440. The maximum Gasteiger partial charge on any atom is 0.163 e. The number of hydrogen-bond donors (Lipinski definition) is 2. The van der Waals surface area contributed by atoms with E-state index in [9.17, 15) is 5.11 Å². The third-order valence-corrected chi connectivity index (χ3v) is 6.40. The Morgan fingerprint density at radius 2 is 1.73 bits per heavy atom.